The molecule has 0 bridgehead atoms. The molecule has 1 heteroatoms. The van der Waals surface area contributed by atoms with Crippen molar-refractivity contribution < 1.29 is 0 Å². The summed E-state index contributed by atoms with van der Waals surface area (Å²) in [6, 6.07) is 21.2. The van der Waals surface area contributed by atoms with Crippen LogP contribution in [0.5, 0.6) is 0 Å². The number of hydrogen-bond donors (Lipinski definition) is 0. The first-order valence-electron chi connectivity index (χ1n) is 7.53. The lowest BCUT2D eigenvalue weighted by atomic mass is 9.98. The van der Waals surface area contributed by atoms with Gasteiger partial charge < -0.3 is 0 Å². The van der Waals surface area contributed by atoms with Gasteiger partial charge in [0.25, 0.3) is 0 Å². The third-order valence-corrected chi connectivity index (χ3v) is 6.78. The molecule has 0 nitrogen and oxygen atoms in total. The maximum atomic E-state index is 5.81. The molecule has 2 aromatic rings. The Morgan fingerprint density at radius 1 is 0.783 bits per heavy atom. The molecular weight excluding hydrogens is 292 g/mol. The highest BCUT2D eigenvalue weighted by atomic mass is 28.2. The normalized spacial score (nSPS) is 13.4. The van der Waals surface area contributed by atoms with E-state index in [0.29, 0.717) is 0 Å². The molecule has 0 saturated heterocycles. The highest BCUT2D eigenvalue weighted by molar-refractivity contribution is 6.93. The average Bonchev–Trinajstić information content (AvgIpc) is 2.63. The molecule has 0 unspecified atom stereocenters. The Labute approximate surface area is 139 Å². The molecule has 1 aliphatic rings. The second kappa shape index (κ2) is 6.92. The summed E-state index contributed by atoms with van der Waals surface area (Å²) in [5, 5.41) is 3.96. The summed E-state index contributed by atoms with van der Waals surface area (Å²) in [6.45, 7) is 0. The van der Waals surface area contributed by atoms with Crippen molar-refractivity contribution in [2.45, 2.75) is 6.42 Å². The molecule has 0 fully saturated rings. The van der Waals surface area contributed by atoms with E-state index in [1.54, 1.807) is 0 Å². The number of terminal acetylenes is 2. The van der Waals surface area contributed by atoms with Crippen LogP contribution in [0.2, 0.25) is 0 Å². The Morgan fingerprint density at radius 2 is 1.35 bits per heavy atom. The standard InChI is InChI=1S/C22H16Si/c1-3-18-12-11-17-22(21(18)4-2)23(19-13-7-5-8-14-19)20-15-9-6-10-16-20/h1-2,5-16H,17H2. The van der Waals surface area contributed by atoms with Crippen molar-refractivity contribution in [3.05, 3.63) is 84.0 Å². The number of allylic oxidation sites excluding steroid dienone is 4. The molecule has 0 heterocycles. The van der Waals surface area contributed by atoms with Gasteiger partial charge in [0.1, 0.15) is 0 Å². The molecule has 2 aromatic carbocycles. The van der Waals surface area contributed by atoms with E-state index < -0.39 is 8.41 Å². The van der Waals surface area contributed by atoms with Crippen molar-refractivity contribution in [2.75, 3.05) is 0 Å². The van der Waals surface area contributed by atoms with Crippen molar-refractivity contribution in [1.29, 1.82) is 0 Å². The van der Waals surface area contributed by atoms with E-state index in [-0.39, 0.29) is 0 Å². The van der Waals surface area contributed by atoms with Gasteiger partial charge in [-0.2, -0.15) is 0 Å². The Kier molecular flexibility index (Phi) is 4.53. The van der Waals surface area contributed by atoms with Gasteiger partial charge in [-0.25, -0.2) is 0 Å². The Hall–Kier alpha value is -2.87. The molecule has 0 amide bonds. The van der Waals surface area contributed by atoms with Gasteiger partial charge in [-0.05, 0) is 28.0 Å². The van der Waals surface area contributed by atoms with Crippen molar-refractivity contribution >= 4 is 24.0 Å². The lowest BCUT2D eigenvalue weighted by Crippen LogP contribution is -2.41. The number of benzene rings is 2. The minimum absolute atomic E-state index is 0.822. The Morgan fingerprint density at radius 3 is 1.83 bits per heavy atom. The van der Waals surface area contributed by atoms with Crippen molar-refractivity contribution in [3.63, 3.8) is 0 Å². The van der Waals surface area contributed by atoms with Gasteiger partial charge in [0.05, 0.1) is 8.41 Å². The molecule has 0 spiro atoms. The van der Waals surface area contributed by atoms with E-state index in [2.05, 4.69) is 66.4 Å². The van der Waals surface area contributed by atoms with Crippen LogP contribution in [0.4, 0.5) is 0 Å². The highest BCUT2D eigenvalue weighted by Crippen LogP contribution is 2.16. The maximum Gasteiger partial charge on any atom is 0.0850 e. The third-order valence-electron chi connectivity index (χ3n) is 3.90. The van der Waals surface area contributed by atoms with E-state index in [0.717, 1.165) is 17.6 Å². The van der Waals surface area contributed by atoms with Gasteiger partial charge in [-0.1, -0.05) is 78.6 Å². The molecule has 0 aromatic heterocycles. The van der Waals surface area contributed by atoms with Crippen LogP contribution >= 0.6 is 0 Å². The Balaban J connectivity index is 2.33. The number of rotatable bonds is 2. The molecular formula is C22H16Si. The topological polar surface area (TPSA) is 0 Å². The second-order valence-electron chi connectivity index (χ2n) is 5.27. The first kappa shape index (κ1) is 15.0. The summed E-state index contributed by atoms with van der Waals surface area (Å²) < 4.78 is 0. The van der Waals surface area contributed by atoms with Crippen LogP contribution in [0.1, 0.15) is 6.42 Å². The van der Waals surface area contributed by atoms with Crippen LogP contribution in [0.3, 0.4) is 0 Å². The molecule has 0 atom stereocenters. The molecule has 0 N–H and O–H groups in total. The molecule has 0 saturated carbocycles. The summed E-state index contributed by atoms with van der Waals surface area (Å²) in [5.41, 5.74) is 1.72. The average molecular weight is 308 g/mol. The predicted octanol–water partition coefficient (Wildman–Crippen LogP) is 2.57. The molecule has 108 valence electrons. The lowest BCUT2D eigenvalue weighted by Gasteiger charge is -2.18. The zero-order chi connectivity index (χ0) is 16.1. The fourth-order valence-corrected chi connectivity index (χ4v) is 5.74. The van der Waals surface area contributed by atoms with Crippen molar-refractivity contribution in [2.24, 2.45) is 0 Å². The van der Waals surface area contributed by atoms with E-state index in [1.165, 1.54) is 15.5 Å². The number of hydrogen-bond acceptors (Lipinski definition) is 0. The molecule has 0 aliphatic heterocycles. The zero-order valence-electron chi connectivity index (χ0n) is 12.8. The smallest absolute Gasteiger partial charge is 0.0850 e. The van der Waals surface area contributed by atoms with Gasteiger partial charge in [0.2, 0.25) is 0 Å². The SMILES string of the molecule is C#CC1=C(C#C)C(=[Si](c2ccccc2)c2ccccc2)CC=C1. The maximum absolute atomic E-state index is 5.81. The lowest BCUT2D eigenvalue weighted by molar-refractivity contribution is 1.44. The van der Waals surface area contributed by atoms with Gasteiger partial charge >= 0.3 is 0 Å². The predicted molar refractivity (Wildman–Crippen MR) is 101 cm³/mol. The minimum Gasteiger partial charge on any atom is -0.115 e. The summed E-state index contributed by atoms with van der Waals surface area (Å²) in [6.07, 6.45) is 16.4. The fraction of sp³-hybridized carbons (Fsp3) is 0.0455. The van der Waals surface area contributed by atoms with Crippen LogP contribution in [-0.2, 0) is 0 Å². The molecule has 3 rings (SSSR count). The largest absolute Gasteiger partial charge is 0.115 e. The van der Waals surface area contributed by atoms with E-state index in [1.807, 2.05) is 18.2 Å². The van der Waals surface area contributed by atoms with Gasteiger partial charge in [0, 0.05) is 11.1 Å². The first-order valence-corrected chi connectivity index (χ1v) is 9.03. The zero-order valence-corrected chi connectivity index (χ0v) is 13.8. The quantitative estimate of drug-likeness (QED) is 0.591. The summed E-state index contributed by atoms with van der Waals surface area (Å²) in [7, 11) is -1.13. The van der Waals surface area contributed by atoms with Crippen LogP contribution < -0.4 is 10.4 Å². The van der Waals surface area contributed by atoms with Crippen LogP contribution in [0.15, 0.2) is 84.0 Å². The second-order valence-corrected chi connectivity index (χ2v) is 7.78. The van der Waals surface area contributed by atoms with Gasteiger partial charge in [-0.15, -0.1) is 12.8 Å². The fourth-order valence-electron chi connectivity index (χ4n) is 2.88. The summed E-state index contributed by atoms with van der Waals surface area (Å²) in [4.78, 5) is 0. The first-order chi connectivity index (χ1) is 11.3. The third kappa shape index (κ3) is 3.02. The highest BCUT2D eigenvalue weighted by Gasteiger charge is 2.18. The van der Waals surface area contributed by atoms with E-state index in [4.69, 9.17) is 12.8 Å². The minimum atomic E-state index is -1.13. The van der Waals surface area contributed by atoms with Crippen LogP contribution in [-0.4, -0.2) is 13.6 Å². The van der Waals surface area contributed by atoms with Gasteiger partial charge in [0.15, 0.2) is 0 Å². The van der Waals surface area contributed by atoms with E-state index in [9.17, 15) is 0 Å². The van der Waals surface area contributed by atoms with Crippen molar-refractivity contribution in [1.82, 2.24) is 0 Å². The Bertz CT molecular complexity index is 841. The van der Waals surface area contributed by atoms with Crippen molar-refractivity contribution in [3.8, 4) is 24.7 Å². The van der Waals surface area contributed by atoms with E-state index >= 15 is 0 Å². The monoisotopic (exact) mass is 308 g/mol. The van der Waals surface area contributed by atoms with Crippen LogP contribution in [0.25, 0.3) is 0 Å². The summed E-state index contributed by atoms with van der Waals surface area (Å²) in [5.74, 6) is 5.59. The molecule has 0 radical (unpaired) electrons. The van der Waals surface area contributed by atoms with Crippen LogP contribution in [0, 0.1) is 24.7 Å². The van der Waals surface area contributed by atoms with Gasteiger partial charge in [-0.3, -0.25) is 0 Å². The molecule has 1 aliphatic carbocycles. The summed E-state index contributed by atoms with van der Waals surface area (Å²) >= 11 is 0. The molecule has 23 heavy (non-hydrogen) atoms.